The Morgan fingerprint density at radius 3 is 2.78 bits per heavy atom. The highest BCUT2D eigenvalue weighted by molar-refractivity contribution is 9.09. The van der Waals surface area contributed by atoms with E-state index in [1.54, 1.807) is 12.1 Å². The van der Waals surface area contributed by atoms with Crippen molar-refractivity contribution < 1.29 is 19.7 Å². The van der Waals surface area contributed by atoms with Gasteiger partial charge in [0.1, 0.15) is 5.75 Å². The number of carboxylic acids is 1. The molecule has 1 aromatic rings. The van der Waals surface area contributed by atoms with Crippen LogP contribution in [0.1, 0.15) is 30.6 Å². The van der Waals surface area contributed by atoms with Gasteiger partial charge in [-0.15, -0.1) is 0 Å². The first-order valence-corrected chi connectivity index (χ1v) is 6.94. The fraction of sp³-hybridized carbons (Fsp3) is 0.462. The standard InChI is InChI=1S/C13H17BrO4/c1-2-18-11-6-5-9(4-3-7-14)8-10(11)12(15)13(16)17/h5-6,8,12,15H,2-4,7H2,1H3,(H,16,17). The number of halogens is 1. The number of hydrogen-bond donors (Lipinski definition) is 2. The summed E-state index contributed by atoms with van der Waals surface area (Å²) in [6, 6.07) is 5.31. The molecule has 0 aromatic heterocycles. The number of aliphatic hydroxyl groups is 1. The molecule has 1 rings (SSSR count). The number of carboxylic acid groups (broad SMARTS) is 1. The van der Waals surface area contributed by atoms with Crippen LogP contribution in [0.15, 0.2) is 18.2 Å². The molecule has 4 nitrogen and oxygen atoms in total. The van der Waals surface area contributed by atoms with Gasteiger partial charge in [-0.2, -0.15) is 0 Å². The minimum Gasteiger partial charge on any atom is -0.493 e. The van der Waals surface area contributed by atoms with Gasteiger partial charge in [-0.25, -0.2) is 4.79 Å². The Labute approximate surface area is 115 Å². The van der Waals surface area contributed by atoms with Crippen LogP contribution in [0.2, 0.25) is 0 Å². The largest absolute Gasteiger partial charge is 0.493 e. The maximum atomic E-state index is 10.9. The number of aliphatic carboxylic acids is 1. The van der Waals surface area contributed by atoms with Crippen molar-refractivity contribution in [1.82, 2.24) is 0 Å². The summed E-state index contributed by atoms with van der Waals surface area (Å²) >= 11 is 3.35. The van der Waals surface area contributed by atoms with Crippen molar-refractivity contribution >= 4 is 21.9 Å². The van der Waals surface area contributed by atoms with Gasteiger partial charge in [0, 0.05) is 10.9 Å². The third kappa shape index (κ3) is 3.99. The van der Waals surface area contributed by atoms with Crippen LogP contribution >= 0.6 is 15.9 Å². The molecule has 1 atom stereocenters. The van der Waals surface area contributed by atoms with Crippen molar-refractivity contribution in [3.05, 3.63) is 29.3 Å². The number of aryl methyl sites for hydroxylation is 1. The van der Waals surface area contributed by atoms with E-state index in [0.717, 1.165) is 23.7 Å². The molecule has 100 valence electrons. The lowest BCUT2D eigenvalue weighted by Gasteiger charge is -2.14. The molecule has 0 bridgehead atoms. The van der Waals surface area contributed by atoms with Gasteiger partial charge in [0.25, 0.3) is 0 Å². The Bertz CT molecular complexity index is 406. The molecule has 0 aliphatic carbocycles. The van der Waals surface area contributed by atoms with Crippen molar-refractivity contribution in [2.24, 2.45) is 0 Å². The molecule has 0 aliphatic rings. The second kappa shape index (κ2) is 7.38. The summed E-state index contributed by atoms with van der Waals surface area (Å²) in [6.45, 7) is 2.25. The van der Waals surface area contributed by atoms with Gasteiger partial charge < -0.3 is 14.9 Å². The van der Waals surface area contributed by atoms with E-state index in [9.17, 15) is 9.90 Å². The van der Waals surface area contributed by atoms with Crippen molar-refractivity contribution in [3.63, 3.8) is 0 Å². The molecule has 2 N–H and O–H groups in total. The third-order valence-corrected chi connectivity index (χ3v) is 3.06. The SMILES string of the molecule is CCOc1ccc(CCCBr)cc1C(O)C(=O)O. The Hall–Kier alpha value is -1.07. The van der Waals surface area contributed by atoms with Gasteiger partial charge >= 0.3 is 5.97 Å². The monoisotopic (exact) mass is 316 g/mol. The zero-order valence-corrected chi connectivity index (χ0v) is 11.8. The smallest absolute Gasteiger partial charge is 0.337 e. The van der Waals surface area contributed by atoms with E-state index in [4.69, 9.17) is 9.84 Å². The molecule has 1 unspecified atom stereocenters. The minimum atomic E-state index is -1.55. The number of rotatable bonds is 7. The van der Waals surface area contributed by atoms with E-state index in [1.807, 2.05) is 13.0 Å². The summed E-state index contributed by atoms with van der Waals surface area (Å²) in [7, 11) is 0. The van der Waals surface area contributed by atoms with Crippen molar-refractivity contribution in [2.45, 2.75) is 25.9 Å². The maximum Gasteiger partial charge on any atom is 0.337 e. The van der Waals surface area contributed by atoms with E-state index in [2.05, 4.69) is 15.9 Å². The fourth-order valence-electron chi connectivity index (χ4n) is 1.66. The zero-order chi connectivity index (χ0) is 13.5. The number of alkyl halides is 1. The maximum absolute atomic E-state index is 10.9. The van der Waals surface area contributed by atoms with Crippen LogP contribution in [-0.4, -0.2) is 28.1 Å². The van der Waals surface area contributed by atoms with E-state index < -0.39 is 12.1 Å². The van der Waals surface area contributed by atoms with E-state index in [-0.39, 0.29) is 0 Å². The average Bonchev–Trinajstić information content (AvgIpc) is 2.36. The molecule has 1 aromatic carbocycles. The van der Waals surface area contributed by atoms with Crippen LogP contribution in [0.3, 0.4) is 0 Å². The van der Waals surface area contributed by atoms with Crippen LogP contribution in [0, 0.1) is 0 Å². The summed E-state index contributed by atoms with van der Waals surface area (Å²) < 4.78 is 5.34. The van der Waals surface area contributed by atoms with Gasteiger partial charge in [0.15, 0.2) is 6.10 Å². The predicted octanol–water partition coefficient (Wildman–Crippen LogP) is 2.53. The third-order valence-electron chi connectivity index (χ3n) is 2.50. The van der Waals surface area contributed by atoms with E-state index >= 15 is 0 Å². The molecule has 0 fully saturated rings. The summed E-state index contributed by atoms with van der Waals surface area (Å²) in [6.07, 6.45) is 0.239. The van der Waals surface area contributed by atoms with Gasteiger partial charge in [-0.1, -0.05) is 22.0 Å². The lowest BCUT2D eigenvalue weighted by molar-refractivity contribution is -0.147. The highest BCUT2D eigenvalue weighted by atomic mass is 79.9. The highest BCUT2D eigenvalue weighted by Gasteiger charge is 2.20. The Morgan fingerprint density at radius 2 is 2.22 bits per heavy atom. The molecule has 0 heterocycles. The van der Waals surface area contributed by atoms with Crippen LogP contribution in [-0.2, 0) is 11.2 Å². The molecule has 0 saturated heterocycles. The summed E-state index contributed by atoms with van der Waals surface area (Å²) in [4.78, 5) is 10.9. The normalized spacial score (nSPS) is 12.2. The number of aliphatic hydroxyl groups excluding tert-OH is 1. The zero-order valence-electron chi connectivity index (χ0n) is 10.2. The van der Waals surface area contributed by atoms with Gasteiger partial charge in [0.2, 0.25) is 0 Å². The van der Waals surface area contributed by atoms with Crippen LogP contribution in [0.25, 0.3) is 0 Å². The van der Waals surface area contributed by atoms with Crippen molar-refractivity contribution in [2.75, 3.05) is 11.9 Å². The van der Waals surface area contributed by atoms with Crippen LogP contribution in [0.5, 0.6) is 5.75 Å². The first kappa shape index (κ1) is 15.0. The second-order valence-electron chi connectivity index (χ2n) is 3.84. The molecule has 0 saturated carbocycles. The van der Waals surface area contributed by atoms with Crippen molar-refractivity contribution in [3.8, 4) is 5.75 Å². The molecular formula is C13H17BrO4. The fourth-order valence-corrected chi connectivity index (χ4v) is 1.94. The molecule has 0 radical (unpaired) electrons. The van der Waals surface area contributed by atoms with E-state index in [0.29, 0.717) is 17.9 Å². The first-order chi connectivity index (χ1) is 8.60. The molecule has 18 heavy (non-hydrogen) atoms. The van der Waals surface area contributed by atoms with Gasteiger partial charge in [0.05, 0.1) is 6.61 Å². The number of ether oxygens (including phenoxy) is 1. The molecule has 5 heteroatoms. The Morgan fingerprint density at radius 1 is 1.50 bits per heavy atom. The van der Waals surface area contributed by atoms with Gasteiger partial charge in [-0.05, 0) is 37.5 Å². The number of benzene rings is 1. The Balaban J connectivity index is 3.02. The molecule has 0 aliphatic heterocycles. The van der Waals surface area contributed by atoms with Crippen LogP contribution < -0.4 is 4.74 Å². The Kier molecular flexibility index (Phi) is 6.15. The molecule has 0 spiro atoms. The molecule has 0 amide bonds. The number of hydrogen-bond acceptors (Lipinski definition) is 3. The van der Waals surface area contributed by atoms with Gasteiger partial charge in [-0.3, -0.25) is 0 Å². The minimum absolute atomic E-state index is 0.316. The summed E-state index contributed by atoms with van der Waals surface area (Å²) in [5, 5.41) is 19.4. The lowest BCUT2D eigenvalue weighted by Crippen LogP contribution is -2.12. The number of carbonyl (C=O) groups is 1. The van der Waals surface area contributed by atoms with Crippen molar-refractivity contribution in [1.29, 1.82) is 0 Å². The summed E-state index contributed by atoms with van der Waals surface area (Å²) in [5.74, 6) is -0.844. The van der Waals surface area contributed by atoms with Crippen LogP contribution in [0.4, 0.5) is 0 Å². The second-order valence-corrected chi connectivity index (χ2v) is 4.63. The molecular weight excluding hydrogens is 300 g/mol. The highest BCUT2D eigenvalue weighted by Crippen LogP contribution is 2.27. The first-order valence-electron chi connectivity index (χ1n) is 5.82. The quantitative estimate of drug-likeness (QED) is 0.759. The predicted molar refractivity (Wildman–Crippen MR) is 72.3 cm³/mol. The summed E-state index contributed by atoms with van der Waals surface area (Å²) in [5.41, 5.74) is 1.31. The lowest BCUT2D eigenvalue weighted by atomic mass is 10.0. The average molecular weight is 317 g/mol. The topological polar surface area (TPSA) is 66.8 Å². The van der Waals surface area contributed by atoms with E-state index in [1.165, 1.54) is 0 Å².